The molecule has 0 spiro atoms. The summed E-state index contributed by atoms with van der Waals surface area (Å²) in [6, 6.07) is 19.9. The van der Waals surface area contributed by atoms with E-state index in [1.165, 1.54) is 7.11 Å². The molecule has 2 aromatic heterocycles. The van der Waals surface area contributed by atoms with Crippen LogP contribution in [0, 0.1) is 0 Å². The number of pyridine rings is 1. The molecule has 29 heavy (non-hydrogen) atoms. The SMILES string of the molecule is COC(=O)CCN1C(=S)NC(c2ccccn2)C1c1cccn1-c1ccccc1. The molecule has 0 amide bonds. The zero-order valence-electron chi connectivity index (χ0n) is 16.1. The molecule has 0 bridgehead atoms. The Balaban J connectivity index is 1.75. The van der Waals surface area contributed by atoms with Gasteiger partial charge in [-0.1, -0.05) is 24.3 Å². The Kier molecular flexibility index (Phi) is 5.57. The molecule has 1 N–H and O–H groups in total. The van der Waals surface area contributed by atoms with Gasteiger partial charge in [0, 0.05) is 30.3 Å². The van der Waals surface area contributed by atoms with Crippen molar-refractivity contribution in [2.24, 2.45) is 0 Å². The number of hydrogen-bond acceptors (Lipinski definition) is 4. The topological polar surface area (TPSA) is 59.4 Å². The van der Waals surface area contributed by atoms with E-state index in [0.29, 0.717) is 11.7 Å². The molecule has 1 aromatic carbocycles. The molecule has 1 saturated heterocycles. The van der Waals surface area contributed by atoms with Crippen LogP contribution >= 0.6 is 12.2 Å². The fourth-order valence-corrected chi connectivity index (χ4v) is 4.07. The number of carbonyl (C=O) groups excluding carboxylic acids is 1. The summed E-state index contributed by atoms with van der Waals surface area (Å²) in [5.74, 6) is -0.258. The summed E-state index contributed by atoms with van der Waals surface area (Å²) < 4.78 is 6.98. The van der Waals surface area contributed by atoms with Crippen molar-refractivity contribution in [1.29, 1.82) is 0 Å². The van der Waals surface area contributed by atoms with Gasteiger partial charge in [-0.05, 0) is 48.6 Å². The highest BCUT2D eigenvalue weighted by Gasteiger charge is 2.41. The van der Waals surface area contributed by atoms with Gasteiger partial charge in [-0.25, -0.2) is 0 Å². The third kappa shape index (κ3) is 3.86. The highest BCUT2D eigenvalue weighted by molar-refractivity contribution is 7.80. The number of ether oxygens (including phenoxy) is 1. The van der Waals surface area contributed by atoms with E-state index in [2.05, 4.69) is 38.0 Å². The molecule has 148 valence electrons. The minimum absolute atomic E-state index is 0.114. The molecule has 3 aromatic rings. The van der Waals surface area contributed by atoms with E-state index >= 15 is 0 Å². The predicted molar refractivity (Wildman–Crippen MR) is 115 cm³/mol. The normalized spacial score (nSPS) is 18.5. The van der Waals surface area contributed by atoms with Gasteiger partial charge in [0.05, 0.1) is 31.3 Å². The first-order chi connectivity index (χ1) is 14.2. The minimum Gasteiger partial charge on any atom is -0.469 e. The molecule has 2 unspecified atom stereocenters. The largest absolute Gasteiger partial charge is 0.469 e. The summed E-state index contributed by atoms with van der Waals surface area (Å²) >= 11 is 5.64. The van der Waals surface area contributed by atoms with Gasteiger partial charge in [-0.3, -0.25) is 9.78 Å². The first-order valence-electron chi connectivity index (χ1n) is 9.46. The van der Waals surface area contributed by atoms with Crippen LogP contribution in [-0.2, 0) is 9.53 Å². The number of nitrogens with one attached hydrogen (secondary N) is 1. The summed E-state index contributed by atoms with van der Waals surface area (Å²) in [7, 11) is 1.40. The lowest BCUT2D eigenvalue weighted by atomic mass is 10.0. The second-order valence-corrected chi connectivity index (χ2v) is 7.17. The van der Waals surface area contributed by atoms with E-state index in [1.807, 2.05) is 48.7 Å². The molecule has 2 atom stereocenters. The van der Waals surface area contributed by atoms with Gasteiger partial charge in [-0.15, -0.1) is 0 Å². The average molecular weight is 407 g/mol. The third-order valence-electron chi connectivity index (χ3n) is 5.10. The summed E-state index contributed by atoms with van der Waals surface area (Å²) in [6.45, 7) is 0.465. The van der Waals surface area contributed by atoms with Crippen molar-refractivity contribution < 1.29 is 9.53 Å². The molecule has 7 heteroatoms. The Hall–Kier alpha value is -3.19. The van der Waals surface area contributed by atoms with Crippen molar-refractivity contribution >= 4 is 23.3 Å². The quantitative estimate of drug-likeness (QED) is 0.500. The van der Waals surface area contributed by atoms with Crippen LogP contribution in [0.15, 0.2) is 73.1 Å². The van der Waals surface area contributed by atoms with Crippen molar-refractivity contribution in [1.82, 2.24) is 19.8 Å². The van der Waals surface area contributed by atoms with Crippen LogP contribution in [0.2, 0.25) is 0 Å². The first-order valence-corrected chi connectivity index (χ1v) is 9.87. The molecule has 1 aliphatic heterocycles. The van der Waals surface area contributed by atoms with Crippen LogP contribution < -0.4 is 5.32 Å². The maximum absolute atomic E-state index is 11.8. The van der Waals surface area contributed by atoms with Crippen LogP contribution in [0.4, 0.5) is 0 Å². The highest BCUT2D eigenvalue weighted by atomic mass is 32.1. The van der Waals surface area contributed by atoms with Gasteiger partial charge in [0.25, 0.3) is 0 Å². The molecule has 3 heterocycles. The van der Waals surface area contributed by atoms with E-state index in [0.717, 1.165) is 17.1 Å². The van der Waals surface area contributed by atoms with E-state index in [-0.39, 0.29) is 24.5 Å². The van der Waals surface area contributed by atoms with Crippen molar-refractivity contribution in [2.45, 2.75) is 18.5 Å². The van der Waals surface area contributed by atoms with Crippen molar-refractivity contribution in [3.63, 3.8) is 0 Å². The summed E-state index contributed by atoms with van der Waals surface area (Å²) in [6.07, 6.45) is 4.08. The second-order valence-electron chi connectivity index (χ2n) is 6.78. The van der Waals surface area contributed by atoms with E-state index in [1.54, 1.807) is 6.20 Å². The molecule has 0 aliphatic carbocycles. The van der Waals surface area contributed by atoms with Crippen molar-refractivity contribution in [3.8, 4) is 5.69 Å². The molecule has 1 fully saturated rings. The van der Waals surface area contributed by atoms with Crippen molar-refractivity contribution in [3.05, 3.63) is 84.4 Å². The smallest absolute Gasteiger partial charge is 0.307 e. The Morgan fingerprint density at radius 3 is 2.66 bits per heavy atom. The van der Waals surface area contributed by atoms with Crippen LogP contribution in [-0.4, -0.2) is 39.2 Å². The van der Waals surface area contributed by atoms with Crippen LogP contribution in [0.3, 0.4) is 0 Å². The summed E-state index contributed by atoms with van der Waals surface area (Å²) in [5, 5.41) is 4.02. The number of para-hydroxylation sites is 1. The Morgan fingerprint density at radius 2 is 1.93 bits per heavy atom. The third-order valence-corrected chi connectivity index (χ3v) is 5.45. The average Bonchev–Trinajstić information content (AvgIpc) is 3.37. The van der Waals surface area contributed by atoms with Crippen LogP contribution in [0.5, 0.6) is 0 Å². The highest BCUT2D eigenvalue weighted by Crippen LogP contribution is 2.39. The van der Waals surface area contributed by atoms with Crippen molar-refractivity contribution in [2.75, 3.05) is 13.7 Å². The van der Waals surface area contributed by atoms with Gasteiger partial charge in [0.1, 0.15) is 0 Å². The van der Waals surface area contributed by atoms with Crippen LogP contribution in [0.1, 0.15) is 29.9 Å². The maximum Gasteiger partial charge on any atom is 0.307 e. The van der Waals surface area contributed by atoms with E-state index < -0.39 is 0 Å². The fraction of sp³-hybridized carbons (Fsp3) is 0.227. The summed E-state index contributed by atoms with van der Waals surface area (Å²) in [5.41, 5.74) is 3.04. The zero-order valence-corrected chi connectivity index (χ0v) is 16.9. The summed E-state index contributed by atoms with van der Waals surface area (Å²) in [4.78, 5) is 18.4. The number of carbonyl (C=O) groups is 1. The monoisotopic (exact) mass is 406 g/mol. The fourth-order valence-electron chi connectivity index (χ4n) is 3.74. The molecule has 0 radical (unpaired) electrons. The number of nitrogens with zero attached hydrogens (tertiary/aromatic N) is 3. The number of hydrogen-bond donors (Lipinski definition) is 1. The number of methoxy groups -OCH3 is 1. The van der Waals surface area contributed by atoms with Gasteiger partial charge >= 0.3 is 5.97 Å². The lowest BCUT2D eigenvalue weighted by Gasteiger charge is -2.28. The lowest BCUT2D eigenvalue weighted by Crippen LogP contribution is -2.32. The Bertz CT molecular complexity index is 990. The van der Waals surface area contributed by atoms with E-state index in [9.17, 15) is 4.79 Å². The number of rotatable bonds is 6. The maximum atomic E-state index is 11.8. The molecule has 0 saturated carbocycles. The number of benzene rings is 1. The van der Waals surface area contributed by atoms with Gasteiger partial charge in [0.15, 0.2) is 5.11 Å². The minimum atomic E-state index is -0.258. The van der Waals surface area contributed by atoms with E-state index in [4.69, 9.17) is 17.0 Å². The molecular formula is C22H22N4O2S. The molecule has 1 aliphatic rings. The Morgan fingerprint density at radius 1 is 1.14 bits per heavy atom. The number of thiocarbonyl (C=S) groups is 1. The Labute approximate surface area is 175 Å². The predicted octanol–water partition coefficient (Wildman–Crippen LogP) is 3.41. The van der Waals surface area contributed by atoms with Gasteiger partial charge in [-0.2, -0.15) is 0 Å². The number of esters is 1. The van der Waals surface area contributed by atoms with Crippen LogP contribution in [0.25, 0.3) is 5.69 Å². The van der Waals surface area contributed by atoms with Gasteiger partial charge < -0.3 is 19.5 Å². The molecule has 4 rings (SSSR count). The van der Waals surface area contributed by atoms with Gasteiger partial charge in [0.2, 0.25) is 0 Å². The molecular weight excluding hydrogens is 384 g/mol. The standard InChI is InChI=1S/C22H22N4O2S/c1-28-19(27)12-15-26-21(20(24-22(26)29)17-10-5-6-13-23-17)18-11-7-14-25(18)16-8-3-2-4-9-16/h2-11,13-14,20-21H,12,15H2,1H3,(H,24,29). The zero-order chi connectivity index (χ0) is 20.2. The first kappa shape index (κ1) is 19.1. The lowest BCUT2D eigenvalue weighted by molar-refractivity contribution is -0.140. The second kappa shape index (κ2) is 8.45. The molecule has 6 nitrogen and oxygen atoms in total. The number of aromatic nitrogens is 2.